The number of hydrogen-bond acceptors (Lipinski definition) is 4. The fraction of sp³-hybridized carbons (Fsp3) is 0.312. The zero-order valence-corrected chi connectivity index (χ0v) is 12.8. The maximum Gasteiger partial charge on any atom is 0.329 e. The molecule has 0 aromatic heterocycles. The van der Waals surface area contributed by atoms with E-state index in [0.29, 0.717) is 18.9 Å². The zero-order chi connectivity index (χ0) is 16.4. The first kappa shape index (κ1) is 17.4. The zero-order valence-electron chi connectivity index (χ0n) is 12.8. The van der Waals surface area contributed by atoms with Crippen molar-refractivity contribution in [1.82, 2.24) is 10.7 Å². The Kier molecular flexibility index (Phi) is 7.39. The molecule has 0 saturated carbocycles. The SMILES string of the molecule is C=CCOc1ccc(/C=N\NC(=O)C(=O)NCC(C)C)cc1. The van der Waals surface area contributed by atoms with Crippen molar-refractivity contribution in [2.24, 2.45) is 11.0 Å². The molecule has 0 spiro atoms. The van der Waals surface area contributed by atoms with Gasteiger partial charge in [0.05, 0.1) is 6.21 Å². The summed E-state index contributed by atoms with van der Waals surface area (Å²) in [6.45, 7) is 8.34. The number of rotatable bonds is 7. The first-order valence-electron chi connectivity index (χ1n) is 6.98. The average Bonchev–Trinajstić information content (AvgIpc) is 2.51. The predicted molar refractivity (Wildman–Crippen MR) is 85.7 cm³/mol. The molecule has 0 aliphatic rings. The van der Waals surface area contributed by atoms with Crippen LogP contribution in [-0.2, 0) is 9.59 Å². The minimum absolute atomic E-state index is 0.280. The second-order valence-electron chi connectivity index (χ2n) is 4.97. The van der Waals surface area contributed by atoms with Crippen molar-refractivity contribution in [3.05, 3.63) is 42.5 Å². The van der Waals surface area contributed by atoms with Gasteiger partial charge in [-0.15, -0.1) is 0 Å². The van der Waals surface area contributed by atoms with Gasteiger partial charge in [-0.2, -0.15) is 5.10 Å². The van der Waals surface area contributed by atoms with E-state index in [4.69, 9.17) is 4.74 Å². The van der Waals surface area contributed by atoms with E-state index in [0.717, 1.165) is 5.56 Å². The standard InChI is InChI=1S/C16H21N3O3/c1-4-9-22-14-7-5-13(6-8-14)11-18-19-16(21)15(20)17-10-12(2)3/h4-8,11-12H,1,9-10H2,2-3H3,(H,17,20)(H,19,21)/b18-11-. The first-order chi connectivity index (χ1) is 10.5. The van der Waals surface area contributed by atoms with E-state index in [-0.39, 0.29) is 5.92 Å². The summed E-state index contributed by atoms with van der Waals surface area (Å²) in [6.07, 6.45) is 3.11. The highest BCUT2D eigenvalue weighted by Crippen LogP contribution is 2.10. The van der Waals surface area contributed by atoms with Crippen LogP contribution in [0.25, 0.3) is 0 Å². The fourth-order valence-electron chi connectivity index (χ4n) is 1.40. The number of carbonyl (C=O) groups excluding carboxylic acids is 2. The van der Waals surface area contributed by atoms with E-state index in [9.17, 15) is 9.59 Å². The summed E-state index contributed by atoms with van der Waals surface area (Å²) in [5.74, 6) is -0.488. The molecule has 118 valence electrons. The highest BCUT2D eigenvalue weighted by atomic mass is 16.5. The molecule has 0 bridgehead atoms. The summed E-state index contributed by atoms with van der Waals surface area (Å²) in [5.41, 5.74) is 2.95. The summed E-state index contributed by atoms with van der Waals surface area (Å²) >= 11 is 0. The Morgan fingerprint density at radius 1 is 1.27 bits per heavy atom. The van der Waals surface area contributed by atoms with Crippen LogP contribution in [0.5, 0.6) is 5.75 Å². The van der Waals surface area contributed by atoms with Crippen LogP contribution in [0.15, 0.2) is 42.0 Å². The molecule has 2 N–H and O–H groups in total. The monoisotopic (exact) mass is 303 g/mol. The fourth-order valence-corrected chi connectivity index (χ4v) is 1.40. The van der Waals surface area contributed by atoms with Crippen LogP contribution >= 0.6 is 0 Å². The van der Waals surface area contributed by atoms with Crippen molar-refractivity contribution in [1.29, 1.82) is 0 Å². The molecule has 1 aromatic carbocycles. The smallest absolute Gasteiger partial charge is 0.329 e. The molecule has 0 radical (unpaired) electrons. The maximum absolute atomic E-state index is 11.5. The minimum atomic E-state index is -0.789. The minimum Gasteiger partial charge on any atom is -0.490 e. The van der Waals surface area contributed by atoms with Crippen molar-refractivity contribution < 1.29 is 14.3 Å². The van der Waals surface area contributed by atoms with Crippen molar-refractivity contribution in [2.45, 2.75) is 13.8 Å². The molecule has 0 aliphatic carbocycles. The van der Waals surface area contributed by atoms with Gasteiger partial charge in [-0.1, -0.05) is 26.5 Å². The first-order valence-corrected chi connectivity index (χ1v) is 6.98. The van der Waals surface area contributed by atoms with Gasteiger partial charge in [0.15, 0.2) is 0 Å². The third kappa shape index (κ3) is 6.69. The van der Waals surface area contributed by atoms with Crippen LogP contribution in [0.1, 0.15) is 19.4 Å². The van der Waals surface area contributed by atoms with Crippen LogP contribution < -0.4 is 15.5 Å². The number of benzene rings is 1. The van der Waals surface area contributed by atoms with Crippen LogP contribution in [0.2, 0.25) is 0 Å². The molecule has 6 heteroatoms. The van der Waals surface area contributed by atoms with Gasteiger partial charge in [-0.3, -0.25) is 9.59 Å². The molecule has 0 aliphatic heterocycles. The molecule has 2 amide bonds. The quantitative estimate of drug-likeness (QED) is 0.346. The Balaban J connectivity index is 2.43. The van der Waals surface area contributed by atoms with E-state index in [1.54, 1.807) is 30.3 Å². The Morgan fingerprint density at radius 2 is 1.95 bits per heavy atom. The largest absolute Gasteiger partial charge is 0.490 e. The lowest BCUT2D eigenvalue weighted by Gasteiger charge is -2.05. The number of nitrogens with one attached hydrogen (secondary N) is 2. The van der Waals surface area contributed by atoms with Gasteiger partial charge in [0.1, 0.15) is 12.4 Å². The molecule has 0 heterocycles. The Morgan fingerprint density at radius 3 is 2.55 bits per heavy atom. The number of carbonyl (C=O) groups is 2. The third-order valence-electron chi connectivity index (χ3n) is 2.50. The van der Waals surface area contributed by atoms with Gasteiger partial charge >= 0.3 is 11.8 Å². The van der Waals surface area contributed by atoms with Gasteiger partial charge in [0.2, 0.25) is 0 Å². The molecule has 1 aromatic rings. The van der Waals surface area contributed by atoms with Gasteiger partial charge in [0.25, 0.3) is 0 Å². The molecule has 0 fully saturated rings. The highest BCUT2D eigenvalue weighted by molar-refractivity contribution is 6.35. The van der Waals surface area contributed by atoms with Crippen LogP contribution in [0.3, 0.4) is 0 Å². The average molecular weight is 303 g/mol. The second-order valence-corrected chi connectivity index (χ2v) is 4.97. The molecule has 0 saturated heterocycles. The van der Waals surface area contributed by atoms with E-state index in [1.165, 1.54) is 6.21 Å². The van der Waals surface area contributed by atoms with Gasteiger partial charge in [0, 0.05) is 6.54 Å². The van der Waals surface area contributed by atoms with Gasteiger partial charge in [-0.25, -0.2) is 5.43 Å². The molecule has 22 heavy (non-hydrogen) atoms. The lowest BCUT2D eigenvalue weighted by atomic mass is 10.2. The Hall–Kier alpha value is -2.63. The number of hydrazone groups is 1. The third-order valence-corrected chi connectivity index (χ3v) is 2.50. The molecule has 6 nitrogen and oxygen atoms in total. The van der Waals surface area contributed by atoms with Gasteiger partial charge < -0.3 is 10.1 Å². The number of amides is 2. The van der Waals surface area contributed by atoms with Crippen molar-refractivity contribution in [3.8, 4) is 5.75 Å². The summed E-state index contributed by atoms with van der Waals surface area (Å²) in [6, 6.07) is 7.13. The van der Waals surface area contributed by atoms with Crippen LogP contribution in [0, 0.1) is 5.92 Å². The summed E-state index contributed by atoms with van der Waals surface area (Å²) in [5, 5.41) is 6.25. The molecular weight excluding hydrogens is 282 g/mol. The lowest BCUT2D eigenvalue weighted by molar-refractivity contribution is -0.139. The van der Waals surface area contributed by atoms with E-state index < -0.39 is 11.8 Å². The van der Waals surface area contributed by atoms with Crippen LogP contribution in [-0.4, -0.2) is 31.2 Å². The lowest BCUT2D eigenvalue weighted by Crippen LogP contribution is -2.39. The predicted octanol–water partition coefficient (Wildman–Crippen LogP) is 1.47. The second kappa shape index (κ2) is 9.33. The molecule has 0 unspecified atom stereocenters. The normalized spacial score (nSPS) is 10.5. The van der Waals surface area contributed by atoms with E-state index in [1.807, 2.05) is 13.8 Å². The van der Waals surface area contributed by atoms with Gasteiger partial charge in [-0.05, 0) is 35.7 Å². The maximum atomic E-state index is 11.5. The molecular formula is C16H21N3O3. The van der Waals surface area contributed by atoms with E-state index in [2.05, 4.69) is 22.4 Å². The topological polar surface area (TPSA) is 79.8 Å². The van der Waals surface area contributed by atoms with Crippen LogP contribution in [0.4, 0.5) is 0 Å². The van der Waals surface area contributed by atoms with Crippen molar-refractivity contribution in [2.75, 3.05) is 13.2 Å². The summed E-state index contributed by atoms with van der Waals surface area (Å²) in [4.78, 5) is 22.9. The Labute approximate surface area is 130 Å². The molecule has 1 rings (SSSR count). The molecule has 0 atom stereocenters. The summed E-state index contributed by atoms with van der Waals surface area (Å²) < 4.78 is 5.35. The van der Waals surface area contributed by atoms with Crippen molar-refractivity contribution in [3.63, 3.8) is 0 Å². The number of hydrogen-bond donors (Lipinski definition) is 2. The summed E-state index contributed by atoms with van der Waals surface area (Å²) in [7, 11) is 0. The number of nitrogens with zero attached hydrogens (tertiary/aromatic N) is 1. The Bertz CT molecular complexity index is 536. The van der Waals surface area contributed by atoms with Crippen molar-refractivity contribution >= 4 is 18.0 Å². The number of ether oxygens (including phenoxy) is 1. The highest BCUT2D eigenvalue weighted by Gasteiger charge is 2.11. The van der Waals surface area contributed by atoms with E-state index >= 15 is 0 Å².